The Morgan fingerprint density at radius 2 is 1.82 bits per heavy atom. The highest BCUT2D eigenvalue weighted by atomic mass is 19.1. The first-order chi connectivity index (χ1) is 18.4. The van der Waals surface area contributed by atoms with Gasteiger partial charge in [0, 0.05) is 36.0 Å². The van der Waals surface area contributed by atoms with E-state index in [2.05, 4.69) is 15.5 Å². The summed E-state index contributed by atoms with van der Waals surface area (Å²) in [6.07, 6.45) is 0.515. The van der Waals surface area contributed by atoms with Gasteiger partial charge < -0.3 is 29.5 Å². The van der Waals surface area contributed by atoms with Crippen molar-refractivity contribution in [3.8, 4) is 11.5 Å². The number of ether oxygens (including phenoxy) is 3. The molecule has 1 aliphatic heterocycles. The van der Waals surface area contributed by atoms with Gasteiger partial charge in [0.05, 0.1) is 6.61 Å². The van der Waals surface area contributed by atoms with E-state index in [9.17, 15) is 14.7 Å². The number of likely N-dealkylation sites (tertiary alicyclic amines) is 1. The number of aliphatic carboxylic acids is 1. The lowest BCUT2D eigenvalue weighted by Crippen LogP contribution is -2.36. The number of alkyl carbamates (subject to hydrolysis) is 1. The van der Waals surface area contributed by atoms with E-state index in [1.807, 2.05) is 7.05 Å². The predicted molar refractivity (Wildman–Crippen MR) is 145 cm³/mol. The fourth-order valence-electron chi connectivity index (χ4n) is 4.07. The van der Waals surface area contributed by atoms with Gasteiger partial charge in [-0.15, -0.1) is 0 Å². The van der Waals surface area contributed by atoms with Crippen molar-refractivity contribution in [1.29, 1.82) is 5.41 Å². The van der Waals surface area contributed by atoms with E-state index >= 15 is 4.39 Å². The van der Waals surface area contributed by atoms with E-state index in [-0.39, 0.29) is 23.3 Å². The third-order valence-corrected chi connectivity index (χ3v) is 5.98. The standard InChI is InChI=1S/C28H37FN4O6/c1-6-37-20-15-21(23(29)22(16-20)38-19-11-13-33(5)14-12-19)24(26(34)35)31-18-9-7-17(8-10-18)25(30)32-27(36)39-28(2,3)4/h7-10,15-16,19,24,31H,6,11-14H2,1-5H3,(H,34,35)(H2,30,32,36)/t24-/m1/s1. The Labute approximate surface area is 227 Å². The highest BCUT2D eigenvalue weighted by Crippen LogP contribution is 2.34. The van der Waals surface area contributed by atoms with Crippen LogP contribution >= 0.6 is 0 Å². The third kappa shape index (κ3) is 8.57. The fraction of sp³-hybridized carbons (Fsp3) is 0.464. The van der Waals surface area contributed by atoms with Crippen molar-refractivity contribution >= 4 is 23.6 Å². The normalized spacial score (nSPS) is 15.2. The number of halogens is 1. The van der Waals surface area contributed by atoms with Crippen molar-refractivity contribution in [1.82, 2.24) is 10.2 Å². The Morgan fingerprint density at radius 3 is 2.38 bits per heavy atom. The van der Waals surface area contributed by atoms with Crippen molar-refractivity contribution in [2.24, 2.45) is 0 Å². The van der Waals surface area contributed by atoms with E-state index < -0.39 is 29.5 Å². The highest BCUT2D eigenvalue weighted by Gasteiger charge is 2.28. The zero-order valence-corrected chi connectivity index (χ0v) is 23.0. The maximum Gasteiger partial charge on any atom is 0.413 e. The number of hydrogen-bond acceptors (Lipinski definition) is 8. The van der Waals surface area contributed by atoms with Gasteiger partial charge in [0.1, 0.15) is 23.3 Å². The number of carboxylic acid groups (broad SMARTS) is 1. The van der Waals surface area contributed by atoms with Gasteiger partial charge in [-0.2, -0.15) is 0 Å². The van der Waals surface area contributed by atoms with Crippen LogP contribution in [-0.4, -0.2) is 66.4 Å². The number of nitrogens with one attached hydrogen (secondary N) is 3. The minimum absolute atomic E-state index is 0.0458. The zero-order valence-electron chi connectivity index (χ0n) is 23.0. The lowest BCUT2D eigenvalue weighted by atomic mass is 10.0. The number of rotatable bonds is 9. The largest absolute Gasteiger partial charge is 0.494 e. The molecule has 2 aromatic rings. The van der Waals surface area contributed by atoms with Crippen LogP contribution in [0.5, 0.6) is 11.5 Å². The lowest BCUT2D eigenvalue weighted by Gasteiger charge is -2.30. The molecule has 4 N–H and O–H groups in total. The molecule has 1 aliphatic rings. The Bertz CT molecular complexity index is 1170. The number of carboxylic acids is 1. The summed E-state index contributed by atoms with van der Waals surface area (Å²) in [4.78, 5) is 26.4. The summed E-state index contributed by atoms with van der Waals surface area (Å²) in [5.41, 5.74) is -0.0943. The van der Waals surface area contributed by atoms with Crippen molar-refractivity contribution in [3.63, 3.8) is 0 Å². The molecule has 11 heteroatoms. The summed E-state index contributed by atoms with van der Waals surface area (Å²) in [5, 5.41) is 23.3. The van der Waals surface area contributed by atoms with Crippen LogP contribution in [-0.2, 0) is 9.53 Å². The van der Waals surface area contributed by atoms with Crippen LogP contribution in [0, 0.1) is 11.2 Å². The summed E-state index contributed by atoms with van der Waals surface area (Å²) in [5.74, 6) is -1.98. The molecule has 0 aliphatic carbocycles. The molecule has 1 amide bonds. The van der Waals surface area contributed by atoms with Crippen molar-refractivity contribution in [3.05, 3.63) is 53.3 Å². The van der Waals surface area contributed by atoms with Crippen LogP contribution in [0.25, 0.3) is 0 Å². The third-order valence-electron chi connectivity index (χ3n) is 5.98. The lowest BCUT2D eigenvalue weighted by molar-refractivity contribution is -0.138. The second-order valence-corrected chi connectivity index (χ2v) is 10.4. The fourth-order valence-corrected chi connectivity index (χ4v) is 4.07. The molecule has 1 heterocycles. The first kappa shape index (κ1) is 29.7. The summed E-state index contributed by atoms with van der Waals surface area (Å²) in [6, 6.07) is 7.51. The zero-order chi connectivity index (χ0) is 28.7. The minimum atomic E-state index is -1.45. The van der Waals surface area contributed by atoms with Gasteiger partial charge in [0.15, 0.2) is 17.6 Å². The minimum Gasteiger partial charge on any atom is -0.494 e. The van der Waals surface area contributed by atoms with Gasteiger partial charge in [-0.3, -0.25) is 10.7 Å². The summed E-state index contributed by atoms with van der Waals surface area (Å²) in [7, 11) is 2.01. The predicted octanol–water partition coefficient (Wildman–Crippen LogP) is 4.79. The Balaban J connectivity index is 1.80. The Kier molecular flexibility index (Phi) is 9.74. The van der Waals surface area contributed by atoms with Crippen molar-refractivity contribution < 1.29 is 33.3 Å². The number of benzene rings is 2. The number of carbonyl (C=O) groups is 2. The van der Waals surface area contributed by atoms with Crippen LogP contribution in [0.3, 0.4) is 0 Å². The molecule has 1 saturated heterocycles. The summed E-state index contributed by atoms with van der Waals surface area (Å²) < 4.78 is 32.4. The van der Waals surface area contributed by atoms with E-state index in [0.717, 1.165) is 25.9 Å². The Hall–Kier alpha value is -3.86. The molecule has 0 saturated carbocycles. The van der Waals surface area contributed by atoms with Crippen LogP contribution in [0.4, 0.5) is 14.9 Å². The Morgan fingerprint density at radius 1 is 1.18 bits per heavy atom. The highest BCUT2D eigenvalue weighted by molar-refractivity contribution is 6.04. The van der Waals surface area contributed by atoms with Gasteiger partial charge >= 0.3 is 12.1 Å². The summed E-state index contributed by atoms with van der Waals surface area (Å²) in [6.45, 7) is 8.89. The van der Waals surface area contributed by atoms with Crippen LogP contribution in [0.2, 0.25) is 0 Å². The molecule has 1 atom stereocenters. The monoisotopic (exact) mass is 544 g/mol. The molecular formula is C28H37FN4O6. The molecule has 3 rings (SSSR count). The first-order valence-electron chi connectivity index (χ1n) is 12.9. The number of carbonyl (C=O) groups excluding carboxylic acids is 1. The average molecular weight is 545 g/mol. The molecule has 0 radical (unpaired) electrons. The topological polar surface area (TPSA) is 133 Å². The van der Waals surface area contributed by atoms with E-state index in [1.54, 1.807) is 27.7 Å². The SMILES string of the molecule is CCOc1cc(OC2CCN(C)CC2)c(F)c([C@@H](Nc2ccc(C(=N)NC(=O)OC(C)(C)C)cc2)C(=O)O)c1. The second kappa shape index (κ2) is 12.8. The summed E-state index contributed by atoms with van der Waals surface area (Å²) >= 11 is 0. The average Bonchev–Trinajstić information content (AvgIpc) is 2.85. The van der Waals surface area contributed by atoms with Gasteiger partial charge in [-0.25, -0.2) is 14.0 Å². The number of amides is 1. The maximum atomic E-state index is 15.7. The first-order valence-corrected chi connectivity index (χ1v) is 12.9. The number of anilines is 1. The molecule has 1 fully saturated rings. The van der Waals surface area contributed by atoms with Crippen LogP contribution in [0.15, 0.2) is 36.4 Å². The van der Waals surface area contributed by atoms with Crippen molar-refractivity contribution in [2.75, 3.05) is 32.1 Å². The molecule has 39 heavy (non-hydrogen) atoms. The quantitative estimate of drug-likeness (QED) is 0.262. The number of piperidine rings is 1. The molecule has 0 bridgehead atoms. The second-order valence-electron chi connectivity index (χ2n) is 10.4. The van der Waals surface area contributed by atoms with Crippen LogP contribution < -0.4 is 20.1 Å². The van der Waals surface area contributed by atoms with Crippen LogP contribution in [0.1, 0.15) is 57.7 Å². The molecule has 0 unspecified atom stereocenters. The molecular weight excluding hydrogens is 507 g/mol. The molecule has 212 valence electrons. The van der Waals surface area contributed by atoms with Gasteiger partial charge in [0.25, 0.3) is 0 Å². The molecule has 0 spiro atoms. The van der Waals surface area contributed by atoms with Gasteiger partial charge in [-0.05, 0) is 77.9 Å². The number of hydrogen-bond donors (Lipinski definition) is 4. The van der Waals surface area contributed by atoms with Crippen molar-refractivity contribution in [2.45, 2.75) is 58.3 Å². The number of nitrogens with zero attached hydrogens (tertiary/aromatic N) is 1. The molecule has 2 aromatic carbocycles. The van der Waals surface area contributed by atoms with Gasteiger partial charge in [0.2, 0.25) is 0 Å². The van der Waals surface area contributed by atoms with E-state index in [0.29, 0.717) is 23.6 Å². The van der Waals surface area contributed by atoms with Gasteiger partial charge in [-0.1, -0.05) is 0 Å². The van der Waals surface area contributed by atoms with E-state index in [1.165, 1.54) is 36.4 Å². The smallest absolute Gasteiger partial charge is 0.413 e. The maximum absolute atomic E-state index is 15.7. The molecule has 0 aromatic heterocycles. The molecule has 10 nitrogen and oxygen atoms in total. The van der Waals surface area contributed by atoms with E-state index in [4.69, 9.17) is 19.6 Å². The number of amidine groups is 1.